The maximum Gasteiger partial charge on any atom is 0.123 e. The highest BCUT2D eigenvalue weighted by Crippen LogP contribution is 2.26. The van der Waals surface area contributed by atoms with Crippen molar-refractivity contribution in [1.82, 2.24) is 4.98 Å². The summed E-state index contributed by atoms with van der Waals surface area (Å²) in [6.45, 7) is 2.14. The smallest absolute Gasteiger partial charge is 0.123 e. The van der Waals surface area contributed by atoms with Gasteiger partial charge in [-0.05, 0) is 18.6 Å². The molecule has 0 amide bonds. The molecule has 2 aromatic rings. The van der Waals surface area contributed by atoms with E-state index in [1.54, 1.807) is 11.3 Å². The van der Waals surface area contributed by atoms with Gasteiger partial charge in [-0.15, -0.1) is 11.3 Å². The summed E-state index contributed by atoms with van der Waals surface area (Å²) in [5, 5.41) is 1.83. The minimum atomic E-state index is 0.765. The molecule has 0 spiro atoms. The van der Waals surface area contributed by atoms with E-state index in [1.165, 1.54) is 4.88 Å². The van der Waals surface area contributed by atoms with Crippen LogP contribution in [0.1, 0.15) is 11.8 Å². The molecule has 0 aliphatic carbocycles. The van der Waals surface area contributed by atoms with Crippen LogP contribution < -0.4 is 0 Å². The zero-order valence-electron chi connectivity index (χ0n) is 7.83. The fraction of sp³-hybridized carbons (Fsp3) is 0.182. The molecule has 1 aromatic heterocycles. The van der Waals surface area contributed by atoms with Crippen molar-refractivity contribution in [2.45, 2.75) is 13.3 Å². The molecule has 1 aromatic carbocycles. The van der Waals surface area contributed by atoms with Crippen LogP contribution >= 0.6 is 22.9 Å². The van der Waals surface area contributed by atoms with Crippen molar-refractivity contribution >= 4 is 22.9 Å². The molecule has 0 bridgehead atoms. The van der Waals surface area contributed by atoms with E-state index in [0.29, 0.717) is 0 Å². The third-order valence-electron chi connectivity index (χ3n) is 1.99. The van der Waals surface area contributed by atoms with Crippen molar-refractivity contribution in [2.24, 2.45) is 0 Å². The Labute approximate surface area is 92.4 Å². The topological polar surface area (TPSA) is 12.9 Å². The van der Waals surface area contributed by atoms with E-state index >= 15 is 0 Å². The molecule has 14 heavy (non-hydrogen) atoms. The van der Waals surface area contributed by atoms with Crippen LogP contribution in [0, 0.1) is 0 Å². The van der Waals surface area contributed by atoms with Crippen LogP contribution in [0.4, 0.5) is 0 Å². The molecule has 1 heterocycles. The Bertz CT molecular complexity index is 419. The number of aromatic nitrogens is 1. The molecule has 0 fully saturated rings. The molecule has 0 atom stereocenters. The average Bonchev–Trinajstić information content (AvgIpc) is 2.67. The number of aryl methyl sites for hydroxylation is 1. The Hall–Kier alpha value is -0.860. The monoisotopic (exact) mass is 223 g/mol. The van der Waals surface area contributed by atoms with Crippen LogP contribution in [0.5, 0.6) is 0 Å². The van der Waals surface area contributed by atoms with E-state index in [2.05, 4.69) is 11.9 Å². The normalized spacial score (nSPS) is 10.4. The molecular weight excluding hydrogens is 214 g/mol. The van der Waals surface area contributed by atoms with E-state index in [9.17, 15) is 0 Å². The van der Waals surface area contributed by atoms with Gasteiger partial charge in [0.2, 0.25) is 0 Å². The van der Waals surface area contributed by atoms with Gasteiger partial charge in [0.05, 0.1) is 0 Å². The van der Waals surface area contributed by atoms with Crippen LogP contribution in [0.3, 0.4) is 0 Å². The van der Waals surface area contributed by atoms with Crippen molar-refractivity contribution in [3.05, 3.63) is 40.4 Å². The Morgan fingerprint density at radius 1 is 1.29 bits per heavy atom. The largest absolute Gasteiger partial charge is 0.244 e. The summed E-state index contributed by atoms with van der Waals surface area (Å²) >= 11 is 7.55. The van der Waals surface area contributed by atoms with Crippen LogP contribution in [-0.4, -0.2) is 4.98 Å². The minimum Gasteiger partial charge on any atom is -0.244 e. The second kappa shape index (κ2) is 4.11. The van der Waals surface area contributed by atoms with E-state index in [4.69, 9.17) is 11.6 Å². The summed E-state index contributed by atoms with van der Waals surface area (Å²) in [6, 6.07) is 7.79. The van der Waals surface area contributed by atoms with E-state index in [1.807, 2.05) is 30.5 Å². The predicted octanol–water partition coefficient (Wildman–Crippen LogP) is 4.03. The highest BCUT2D eigenvalue weighted by Gasteiger charge is 2.02. The average molecular weight is 224 g/mol. The fourth-order valence-electron chi connectivity index (χ4n) is 1.20. The molecule has 0 N–H and O–H groups in total. The van der Waals surface area contributed by atoms with Gasteiger partial charge in [0, 0.05) is 21.7 Å². The number of rotatable bonds is 2. The van der Waals surface area contributed by atoms with Crippen molar-refractivity contribution in [1.29, 1.82) is 0 Å². The maximum absolute atomic E-state index is 5.81. The van der Waals surface area contributed by atoms with Crippen LogP contribution in [0.15, 0.2) is 30.5 Å². The molecule has 0 saturated heterocycles. The highest BCUT2D eigenvalue weighted by atomic mass is 35.5. The standard InChI is InChI=1S/C11H10ClNS/c1-2-10-7-13-11(14-10)8-3-5-9(12)6-4-8/h3-7H,2H2,1H3. The Morgan fingerprint density at radius 2 is 2.00 bits per heavy atom. The van der Waals surface area contributed by atoms with E-state index in [-0.39, 0.29) is 0 Å². The molecule has 2 rings (SSSR count). The van der Waals surface area contributed by atoms with Gasteiger partial charge < -0.3 is 0 Å². The molecule has 0 radical (unpaired) electrons. The van der Waals surface area contributed by atoms with Gasteiger partial charge in [0.1, 0.15) is 5.01 Å². The second-order valence-corrected chi connectivity index (χ2v) is 4.54. The highest BCUT2D eigenvalue weighted by molar-refractivity contribution is 7.15. The van der Waals surface area contributed by atoms with Gasteiger partial charge in [0.15, 0.2) is 0 Å². The van der Waals surface area contributed by atoms with Crippen molar-refractivity contribution in [3.63, 3.8) is 0 Å². The second-order valence-electron chi connectivity index (χ2n) is 2.99. The van der Waals surface area contributed by atoms with Gasteiger partial charge in [0.25, 0.3) is 0 Å². The van der Waals surface area contributed by atoms with Gasteiger partial charge in [-0.25, -0.2) is 4.98 Å². The Balaban J connectivity index is 2.34. The number of thiazole rings is 1. The summed E-state index contributed by atoms with van der Waals surface area (Å²) in [4.78, 5) is 5.68. The van der Waals surface area contributed by atoms with E-state index in [0.717, 1.165) is 22.0 Å². The number of hydrogen-bond donors (Lipinski definition) is 0. The lowest BCUT2D eigenvalue weighted by molar-refractivity contribution is 1.17. The van der Waals surface area contributed by atoms with Crippen molar-refractivity contribution in [3.8, 4) is 10.6 Å². The summed E-state index contributed by atoms with van der Waals surface area (Å²) in [7, 11) is 0. The summed E-state index contributed by atoms with van der Waals surface area (Å²) in [5.41, 5.74) is 1.14. The SMILES string of the molecule is CCc1cnc(-c2ccc(Cl)cc2)s1. The van der Waals surface area contributed by atoms with Crippen LogP contribution in [0.2, 0.25) is 5.02 Å². The van der Waals surface area contributed by atoms with Gasteiger partial charge >= 0.3 is 0 Å². The third-order valence-corrected chi connectivity index (χ3v) is 3.44. The first kappa shape index (κ1) is 9.69. The number of nitrogens with zero attached hydrogens (tertiary/aromatic N) is 1. The Morgan fingerprint density at radius 3 is 2.57 bits per heavy atom. The molecule has 0 saturated carbocycles. The molecule has 3 heteroatoms. The van der Waals surface area contributed by atoms with Gasteiger partial charge in [-0.3, -0.25) is 0 Å². The molecule has 1 nitrogen and oxygen atoms in total. The predicted molar refractivity (Wildman–Crippen MR) is 61.9 cm³/mol. The lowest BCUT2D eigenvalue weighted by atomic mass is 10.2. The van der Waals surface area contributed by atoms with Crippen molar-refractivity contribution < 1.29 is 0 Å². The van der Waals surface area contributed by atoms with Crippen LogP contribution in [-0.2, 0) is 6.42 Å². The fourth-order valence-corrected chi connectivity index (χ4v) is 2.18. The summed E-state index contributed by atoms with van der Waals surface area (Å²) in [6.07, 6.45) is 2.99. The minimum absolute atomic E-state index is 0.765. The van der Waals surface area contributed by atoms with Crippen molar-refractivity contribution in [2.75, 3.05) is 0 Å². The lowest BCUT2D eigenvalue weighted by Gasteiger charge is -1.95. The number of halogens is 1. The van der Waals surface area contributed by atoms with Gasteiger partial charge in [-0.2, -0.15) is 0 Å². The molecule has 0 aliphatic heterocycles. The summed E-state index contributed by atoms with van der Waals surface area (Å²) < 4.78 is 0. The molecular formula is C11H10ClNS. The number of hydrogen-bond acceptors (Lipinski definition) is 2. The molecule has 72 valence electrons. The quantitative estimate of drug-likeness (QED) is 0.749. The first-order valence-electron chi connectivity index (χ1n) is 4.50. The summed E-state index contributed by atoms with van der Waals surface area (Å²) in [5.74, 6) is 0. The Kier molecular flexibility index (Phi) is 2.85. The maximum atomic E-state index is 5.81. The van der Waals surface area contributed by atoms with E-state index < -0.39 is 0 Å². The zero-order valence-corrected chi connectivity index (χ0v) is 9.40. The molecule has 0 unspecified atom stereocenters. The van der Waals surface area contributed by atoms with Gasteiger partial charge in [-0.1, -0.05) is 30.7 Å². The first-order chi connectivity index (χ1) is 6.79. The lowest BCUT2D eigenvalue weighted by Crippen LogP contribution is -1.73. The zero-order chi connectivity index (χ0) is 9.97. The number of benzene rings is 1. The third kappa shape index (κ3) is 1.97. The first-order valence-corrected chi connectivity index (χ1v) is 5.69. The molecule has 0 aliphatic rings. The van der Waals surface area contributed by atoms with Crippen LogP contribution in [0.25, 0.3) is 10.6 Å².